The number of hydrogen-bond acceptors (Lipinski definition) is 5. The van der Waals surface area contributed by atoms with Crippen LogP contribution in [0.3, 0.4) is 0 Å². The molecule has 0 atom stereocenters. The quantitative estimate of drug-likeness (QED) is 0.875. The molecule has 0 aliphatic carbocycles. The van der Waals surface area contributed by atoms with Gasteiger partial charge in [0, 0.05) is 13.5 Å². The Morgan fingerprint density at radius 2 is 1.91 bits per heavy atom. The number of nitrogens with zero attached hydrogens (tertiary/aromatic N) is 1. The molecule has 0 unspecified atom stereocenters. The first-order valence-electron chi connectivity index (χ1n) is 6.68. The Morgan fingerprint density at radius 3 is 2.45 bits per heavy atom. The van der Waals surface area contributed by atoms with Crippen molar-refractivity contribution in [2.75, 3.05) is 11.9 Å². The number of hydrogen-bond donors (Lipinski definition) is 2. The van der Waals surface area contributed by atoms with Gasteiger partial charge >= 0.3 is 0 Å². The highest BCUT2D eigenvalue weighted by molar-refractivity contribution is 7.89. The Balaban J connectivity index is 2.31. The van der Waals surface area contributed by atoms with E-state index >= 15 is 0 Å². The summed E-state index contributed by atoms with van der Waals surface area (Å²) in [4.78, 5) is 16.5. The molecule has 0 spiro atoms. The van der Waals surface area contributed by atoms with Crippen LogP contribution in [0.15, 0.2) is 29.2 Å². The summed E-state index contributed by atoms with van der Waals surface area (Å²) in [5.74, 6) is -0.174. The van der Waals surface area contributed by atoms with Crippen LogP contribution in [0.1, 0.15) is 19.5 Å². The molecular formula is C14H17N3O3S2. The number of anilines is 1. The zero-order chi connectivity index (χ0) is 16.3. The number of aryl methyl sites for hydroxylation is 1. The predicted molar refractivity (Wildman–Crippen MR) is 87.5 cm³/mol. The van der Waals surface area contributed by atoms with Gasteiger partial charge in [-0.1, -0.05) is 30.4 Å². The second-order valence-electron chi connectivity index (χ2n) is 4.64. The molecule has 0 saturated heterocycles. The lowest BCUT2D eigenvalue weighted by Gasteiger charge is -2.05. The number of sulfonamides is 1. The number of thiazole rings is 1. The van der Waals surface area contributed by atoms with Gasteiger partial charge in [0.25, 0.3) is 0 Å². The van der Waals surface area contributed by atoms with Crippen LogP contribution in [0.2, 0.25) is 0 Å². The zero-order valence-corrected chi connectivity index (χ0v) is 14.1. The topological polar surface area (TPSA) is 88.2 Å². The monoisotopic (exact) mass is 339 g/mol. The SMILES string of the molecule is CCNS(=O)(=O)c1ccc(-c2sc(NC(C)=O)nc2C)cc1. The van der Waals surface area contributed by atoms with E-state index in [2.05, 4.69) is 15.0 Å². The fraction of sp³-hybridized carbons (Fsp3) is 0.286. The van der Waals surface area contributed by atoms with Gasteiger partial charge in [0.1, 0.15) is 0 Å². The van der Waals surface area contributed by atoms with Crippen molar-refractivity contribution in [3.63, 3.8) is 0 Å². The molecule has 0 fully saturated rings. The van der Waals surface area contributed by atoms with Gasteiger partial charge in [-0.2, -0.15) is 0 Å². The molecule has 1 aromatic heterocycles. The first-order valence-corrected chi connectivity index (χ1v) is 8.98. The second kappa shape index (κ2) is 6.55. The summed E-state index contributed by atoms with van der Waals surface area (Å²) in [5.41, 5.74) is 1.65. The Morgan fingerprint density at radius 1 is 1.27 bits per heavy atom. The molecule has 6 nitrogen and oxygen atoms in total. The van der Waals surface area contributed by atoms with Crippen LogP contribution >= 0.6 is 11.3 Å². The minimum atomic E-state index is -3.45. The molecule has 2 rings (SSSR count). The highest BCUT2D eigenvalue weighted by Crippen LogP contribution is 2.33. The van der Waals surface area contributed by atoms with E-state index in [1.807, 2.05) is 6.92 Å². The van der Waals surface area contributed by atoms with Crippen LogP contribution in [-0.4, -0.2) is 25.9 Å². The van der Waals surface area contributed by atoms with Crippen molar-refractivity contribution < 1.29 is 13.2 Å². The van der Waals surface area contributed by atoms with E-state index in [1.165, 1.54) is 18.3 Å². The molecule has 0 bridgehead atoms. The fourth-order valence-electron chi connectivity index (χ4n) is 1.93. The van der Waals surface area contributed by atoms with E-state index in [-0.39, 0.29) is 10.8 Å². The molecule has 1 heterocycles. The molecule has 1 amide bonds. The number of benzene rings is 1. The number of amides is 1. The summed E-state index contributed by atoms with van der Waals surface area (Å²) in [6.07, 6.45) is 0. The molecule has 8 heteroatoms. The molecule has 0 aliphatic heterocycles. The zero-order valence-electron chi connectivity index (χ0n) is 12.5. The van der Waals surface area contributed by atoms with Crippen molar-refractivity contribution in [1.29, 1.82) is 0 Å². The van der Waals surface area contributed by atoms with Gasteiger partial charge < -0.3 is 5.32 Å². The smallest absolute Gasteiger partial charge is 0.240 e. The Kier molecular flexibility index (Phi) is 4.94. The molecule has 1 aromatic carbocycles. The van der Waals surface area contributed by atoms with Crippen molar-refractivity contribution in [2.45, 2.75) is 25.7 Å². The third-order valence-corrected chi connectivity index (χ3v) is 5.52. The maximum Gasteiger partial charge on any atom is 0.240 e. The molecule has 0 radical (unpaired) electrons. The number of carbonyl (C=O) groups is 1. The average Bonchev–Trinajstić information content (AvgIpc) is 2.78. The minimum absolute atomic E-state index is 0.174. The van der Waals surface area contributed by atoms with Crippen LogP contribution in [0.5, 0.6) is 0 Å². The standard InChI is InChI=1S/C14H17N3O3S2/c1-4-15-22(19,20)12-7-5-11(6-8-12)13-9(2)16-14(21-13)17-10(3)18/h5-8,15H,4H2,1-3H3,(H,16,17,18). The summed E-state index contributed by atoms with van der Waals surface area (Å²) >= 11 is 1.36. The highest BCUT2D eigenvalue weighted by atomic mass is 32.2. The van der Waals surface area contributed by atoms with Crippen LogP contribution < -0.4 is 10.0 Å². The third kappa shape index (κ3) is 3.70. The van der Waals surface area contributed by atoms with Gasteiger partial charge in [0.15, 0.2) is 5.13 Å². The van der Waals surface area contributed by atoms with Gasteiger partial charge in [-0.15, -0.1) is 0 Å². The van der Waals surface area contributed by atoms with E-state index in [0.29, 0.717) is 11.7 Å². The molecule has 22 heavy (non-hydrogen) atoms. The average molecular weight is 339 g/mol. The lowest BCUT2D eigenvalue weighted by molar-refractivity contribution is -0.114. The van der Waals surface area contributed by atoms with Crippen LogP contribution in [0.25, 0.3) is 10.4 Å². The van der Waals surface area contributed by atoms with Gasteiger partial charge in [0.2, 0.25) is 15.9 Å². The van der Waals surface area contributed by atoms with Crippen LogP contribution in [-0.2, 0) is 14.8 Å². The van der Waals surface area contributed by atoms with E-state index in [1.54, 1.807) is 31.2 Å². The molecule has 0 aliphatic rings. The summed E-state index contributed by atoms with van der Waals surface area (Å²) in [6.45, 7) is 5.35. The summed E-state index contributed by atoms with van der Waals surface area (Å²) < 4.78 is 26.3. The van der Waals surface area contributed by atoms with Crippen molar-refractivity contribution in [2.24, 2.45) is 0 Å². The number of rotatable bonds is 5. The van der Waals surface area contributed by atoms with Crippen molar-refractivity contribution in [1.82, 2.24) is 9.71 Å². The van der Waals surface area contributed by atoms with Crippen LogP contribution in [0, 0.1) is 6.92 Å². The number of nitrogens with one attached hydrogen (secondary N) is 2. The molecular weight excluding hydrogens is 322 g/mol. The summed E-state index contributed by atoms with van der Waals surface area (Å²) in [6, 6.07) is 6.60. The van der Waals surface area contributed by atoms with Crippen molar-refractivity contribution >= 4 is 32.4 Å². The molecule has 2 N–H and O–H groups in total. The van der Waals surface area contributed by atoms with Gasteiger partial charge in [-0.3, -0.25) is 4.79 Å². The third-order valence-electron chi connectivity index (χ3n) is 2.84. The van der Waals surface area contributed by atoms with Crippen LogP contribution in [0.4, 0.5) is 5.13 Å². The van der Waals surface area contributed by atoms with Crippen molar-refractivity contribution in [3.8, 4) is 10.4 Å². The molecule has 2 aromatic rings. The Labute approximate surface area is 133 Å². The van der Waals surface area contributed by atoms with Crippen molar-refractivity contribution in [3.05, 3.63) is 30.0 Å². The van der Waals surface area contributed by atoms with E-state index in [9.17, 15) is 13.2 Å². The lowest BCUT2D eigenvalue weighted by atomic mass is 10.2. The summed E-state index contributed by atoms with van der Waals surface area (Å²) in [7, 11) is -3.45. The normalized spacial score (nSPS) is 11.4. The Hall–Kier alpha value is -1.77. The lowest BCUT2D eigenvalue weighted by Crippen LogP contribution is -2.22. The molecule has 0 saturated carbocycles. The van der Waals surface area contributed by atoms with E-state index in [0.717, 1.165) is 16.1 Å². The van der Waals surface area contributed by atoms with Gasteiger partial charge in [-0.05, 0) is 24.6 Å². The predicted octanol–water partition coefficient (Wildman–Crippen LogP) is 2.38. The Bertz CT molecular complexity index is 780. The second-order valence-corrected chi connectivity index (χ2v) is 7.41. The first-order chi connectivity index (χ1) is 10.3. The minimum Gasteiger partial charge on any atom is -0.302 e. The summed E-state index contributed by atoms with van der Waals surface area (Å²) in [5, 5.41) is 3.18. The number of carbonyl (C=O) groups excluding carboxylic acids is 1. The van der Waals surface area contributed by atoms with E-state index < -0.39 is 10.0 Å². The highest BCUT2D eigenvalue weighted by Gasteiger charge is 2.14. The first kappa shape index (κ1) is 16.6. The largest absolute Gasteiger partial charge is 0.302 e. The van der Waals surface area contributed by atoms with Gasteiger partial charge in [-0.25, -0.2) is 18.1 Å². The fourth-order valence-corrected chi connectivity index (χ4v) is 3.99. The van der Waals surface area contributed by atoms with Gasteiger partial charge in [0.05, 0.1) is 15.5 Å². The maximum atomic E-state index is 11.9. The van der Waals surface area contributed by atoms with E-state index in [4.69, 9.17) is 0 Å². The number of aromatic nitrogens is 1. The maximum absolute atomic E-state index is 11.9. The molecule has 118 valence electrons.